The van der Waals surface area contributed by atoms with E-state index < -0.39 is 0 Å². The number of piperidine rings is 1. The Bertz CT molecular complexity index is 106. The predicted octanol–water partition coefficient (Wildman–Crippen LogP) is 1.10. The molecule has 1 aliphatic rings. The van der Waals surface area contributed by atoms with E-state index in [0.717, 1.165) is 12.3 Å². The van der Waals surface area contributed by atoms with Crippen molar-refractivity contribution in [1.29, 1.82) is 0 Å². The molecule has 0 bridgehead atoms. The average molecular weight is 157 g/mol. The number of hydrogen-bond acceptors (Lipinski definition) is 2. The van der Waals surface area contributed by atoms with E-state index in [1.54, 1.807) is 0 Å². The van der Waals surface area contributed by atoms with Gasteiger partial charge in [0.15, 0.2) is 0 Å². The van der Waals surface area contributed by atoms with Crippen molar-refractivity contribution in [2.24, 2.45) is 5.92 Å². The average Bonchev–Trinajstić information content (AvgIpc) is 2.01. The summed E-state index contributed by atoms with van der Waals surface area (Å²) in [6.07, 6.45) is 4.90. The van der Waals surface area contributed by atoms with E-state index in [-0.39, 0.29) is 0 Å². The second kappa shape index (κ2) is 4.73. The third-order valence-corrected chi connectivity index (χ3v) is 2.49. The van der Waals surface area contributed by atoms with Crippen molar-refractivity contribution in [2.45, 2.75) is 25.7 Å². The zero-order valence-electron chi connectivity index (χ0n) is 7.42. The molecular formula is C9H19NO. The van der Waals surface area contributed by atoms with E-state index >= 15 is 0 Å². The fraction of sp³-hybridized carbons (Fsp3) is 1.00. The van der Waals surface area contributed by atoms with Crippen LogP contribution in [0.5, 0.6) is 0 Å². The van der Waals surface area contributed by atoms with Crippen LogP contribution in [0.2, 0.25) is 0 Å². The first kappa shape index (κ1) is 9.01. The largest absolute Gasteiger partial charge is 0.396 e. The molecule has 1 atom stereocenters. The SMILES string of the molecule is CN1CCCC(CCCO)C1. The van der Waals surface area contributed by atoms with Crippen LogP contribution in [0.1, 0.15) is 25.7 Å². The molecule has 0 radical (unpaired) electrons. The molecule has 0 aromatic rings. The zero-order valence-corrected chi connectivity index (χ0v) is 7.42. The maximum Gasteiger partial charge on any atom is 0.0431 e. The molecule has 0 spiro atoms. The van der Waals surface area contributed by atoms with Crippen molar-refractivity contribution >= 4 is 0 Å². The first-order chi connectivity index (χ1) is 5.33. The first-order valence-corrected chi connectivity index (χ1v) is 4.62. The first-order valence-electron chi connectivity index (χ1n) is 4.62. The Kier molecular flexibility index (Phi) is 3.87. The fourth-order valence-electron chi connectivity index (χ4n) is 1.89. The van der Waals surface area contributed by atoms with Crippen LogP contribution in [0.4, 0.5) is 0 Å². The number of aliphatic hydroxyl groups is 1. The minimum Gasteiger partial charge on any atom is -0.396 e. The highest BCUT2D eigenvalue weighted by atomic mass is 16.2. The maximum absolute atomic E-state index is 8.65. The van der Waals surface area contributed by atoms with Gasteiger partial charge in [-0.25, -0.2) is 0 Å². The lowest BCUT2D eigenvalue weighted by Gasteiger charge is -2.29. The molecule has 1 saturated heterocycles. The highest BCUT2D eigenvalue weighted by molar-refractivity contribution is 4.70. The summed E-state index contributed by atoms with van der Waals surface area (Å²) in [5.74, 6) is 0.848. The Morgan fingerprint density at radius 1 is 1.55 bits per heavy atom. The molecule has 2 nitrogen and oxygen atoms in total. The Balaban J connectivity index is 2.12. The molecule has 0 aliphatic carbocycles. The summed E-state index contributed by atoms with van der Waals surface area (Å²) in [7, 11) is 2.19. The van der Waals surface area contributed by atoms with Gasteiger partial charge in [0, 0.05) is 13.2 Å². The van der Waals surface area contributed by atoms with Crippen LogP contribution in [-0.2, 0) is 0 Å². The van der Waals surface area contributed by atoms with Gasteiger partial charge in [-0.15, -0.1) is 0 Å². The topological polar surface area (TPSA) is 23.5 Å². The van der Waals surface area contributed by atoms with Crippen LogP contribution in [0.25, 0.3) is 0 Å². The molecule has 0 saturated carbocycles. The quantitative estimate of drug-likeness (QED) is 0.663. The van der Waals surface area contributed by atoms with Crippen LogP contribution in [0.3, 0.4) is 0 Å². The van der Waals surface area contributed by atoms with Crippen molar-refractivity contribution < 1.29 is 5.11 Å². The molecule has 1 rings (SSSR count). The molecule has 1 unspecified atom stereocenters. The lowest BCUT2D eigenvalue weighted by atomic mass is 9.94. The highest BCUT2D eigenvalue weighted by Gasteiger charge is 2.15. The Hall–Kier alpha value is -0.0800. The molecule has 1 aliphatic heterocycles. The van der Waals surface area contributed by atoms with Gasteiger partial charge in [-0.3, -0.25) is 0 Å². The molecule has 11 heavy (non-hydrogen) atoms. The lowest BCUT2D eigenvalue weighted by molar-refractivity contribution is 0.187. The van der Waals surface area contributed by atoms with Gasteiger partial charge in [0.1, 0.15) is 0 Å². The second-order valence-electron chi connectivity index (χ2n) is 3.64. The third kappa shape index (κ3) is 3.21. The summed E-state index contributed by atoms with van der Waals surface area (Å²) in [6, 6.07) is 0. The van der Waals surface area contributed by atoms with Crippen molar-refractivity contribution in [2.75, 3.05) is 26.7 Å². The molecule has 1 N–H and O–H groups in total. The fourth-order valence-corrected chi connectivity index (χ4v) is 1.89. The molecule has 0 aromatic carbocycles. The van der Waals surface area contributed by atoms with Crippen LogP contribution < -0.4 is 0 Å². The number of hydrogen-bond donors (Lipinski definition) is 1. The van der Waals surface area contributed by atoms with Gasteiger partial charge in [-0.05, 0) is 45.2 Å². The van der Waals surface area contributed by atoms with Gasteiger partial charge >= 0.3 is 0 Å². The summed E-state index contributed by atoms with van der Waals surface area (Å²) in [5, 5.41) is 8.65. The molecule has 0 amide bonds. The minimum absolute atomic E-state index is 0.361. The van der Waals surface area contributed by atoms with E-state index in [1.165, 1.54) is 32.4 Å². The van der Waals surface area contributed by atoms with Gasteiger partial charge in [0.2, 0.25) is 0 Å². The summed E-state index contributed by atoms with van der Waals surface area (Å²) < 4.78 is 0. The second-order valence-corrected chi connectivity index (χ2v) is 3.64. The number of nitrogens with zero attached hydrogens (tertiary/aromatic N) is 1. The number of rotatable bonds is 3. The molecular weight excluding hydrogens is 138 g/mol. The van der Waals surface area contributed by atoms with E-state index in [4.69, 9.17) is 5.11 Å². The monoisotopic (exact) mass is 157 g/mol. The summed E-state index contributed by atoms with van der Waals surface area (Å²) >= 11 is 0. The van der Waals surface area contributed by atoms with Crippen LogP contribution in [0.15, 0.2) is 0 Å². The zero-order chi connectivity index (χ0) is 8.10. The smallest absolute Gasteiger partial charge is 0.0431 e. The molecule has 2 heteroatoms. The van der Waals surface area contributed by atoms with Gasteiger partial charge in [-0.2, -0.15) is 0 Å². The van der Waals surface area contributed by atoms with Gasteiger partial charge in [0.05, 0.1) is 0 Å². The highest BCUT2D eigenvalue weighted by Crippen LogP contribution is 2.19. The lowest BCUT2D eigenvalue weighted by Crippen LogP contribution is -2.32. The normalized spacial score (nSPS) is 27.3. The predicted molar refractivity (Wildman–Crippen MR) is 46.5 cm³/mol. The minimum atomic E-state index is 0.361. The van der Waals surface area contributed by atoms with E-state index in [0.29, 0.717) is 6.61 Å². The standard InChI is InChI=1S/C9H19NO/c1-10-6-2-4-9(8-10)5-3-7-11/h9,11H,2-8H2,1H3. The Morgan fingerprint density at radius 2 is 2.36 bits per heavy atom. The third-order valence-electron chi connectivity index (χ3n) is 2.49. The summed E-state index contributed by atoms with van der Waals surface area (Å²) in [6.45, 7) is 2.86. The Labute approximate surface area is 69.2 Å². The summed E-state index contributed by atoms with van der Waals surface area (Å²) in [5.41, 5.74) is 0. The van der Waals surface area contributed by atoms with Crippen molar-refractivity contribution in [3.8, 4) is 0 Å². The van der Waals surface area contributed by atoms with E-state index in [9.17, 15) is 0 Å². The van der Waals surface area contributed by atoms with E-state index in [2.05, 4.69) is 11.9 Å². The van der Waals surface area contributed by atoms with Crippen molar-refractivity contribution in [1.82, 2.24) is 4.90 Å². The Morgan fingerprint density at radius 3 is 3.00 bits per heavy atom. The van der Waals surface area contributed by atoms with Crippen LogP contribution >= 0.6 is 0 Å². The van der Waals surface area contributed by atoms with E-state index in [1.807, 2.05) is 0 Å². The molecule has 66 valence electrons. The van der Waals surface area contributed by atoms with Gasteiger partial charge < -0.3 is 10.0 Å². The maximum atomic E-state index is 8.65. The number of likely N-dealkylation sites (tertiary alicyclic amines) is 1. The van der Waals surface area contributed by atoms with Gasteiger partial charge in [-0.1, -0.05) is 0 Å². The molecule has 1 heterocycles. The van der Waals surface area contributed by atoms with Gasteiger partial charge in [0.25, 0.3) is 0 Å². The van der Waals surface area contributed by atoms with Crippen molar-refractivity contribution in [3.05, 3.63) is 0 Å². The van der Waals surface area contributed by atoms with Crippen molar-refractivity contribution in [3.63, 3.8) is 0 Å². The molecule has 1 fully saturated rings. The summed E-state index contributed by atoms with van der Waals surface area (Å²) in [4.78, 5) is 2.39. The number of aliphatic hydroxyl groups excluding tert-OH is 1. The van der Waals surface area contributed by atoms with Crippen LogP contribution in [-0.4, -0.2) is 36.8 Å². The molecule has 0 aromatic heterocycles. The van der Waals surface area contributed by atoms with Crippen LogP contribution in [0, 0.1) is 5.92 Å².